The topological polar surface area (TPSA) is 59.6 Å². The Morgan fingerprint density at radius 1 is 1.21 bits per heavy atom. The molecule has 0 aromatic carbocycles. The first kappa shape index (κ1) is 12.9. The van der Waals surface area contributed by atoms with Crippen molar-refractivity contribution in [1.29, 1.82) is 10.5 Å². The van der Waals surface area contributed by atoms with E-state index in [4.69, 9.17) is 10.5 Å². The normalized spacial score (nSPS) is 11.0. The molecule has 0 aromatic rings. The summed E-state index contributed by atoms with van der Waals surface area (Å²) >= 11 is 0. The summed E-state index contributed by atoms with van der Waals surface area (Å²) < 4.78 is 0. The van der Waals surface area contributed by atoms with Crippen LogP contribution in [0, 0.1) is 22.7 Å². The molecule has 78 valence electrons. The van der Waals surface area contributed by atoms with Gasteiger partial charge in [-0.2, -0.15) is 10.5 Å². The lowest BCUT2D eigenvalue weighted by molar-refractivity contribution is 0.347. The average Bonchev–Trinajstić information content (AvgIpc) is 2.14. The first-order valence-electron chi connectivity index (χ1n) is 5.12. The largest absolute Gasteiger partial charge is 0.285 e. The Labute approximate surface area is 86.7 Å². The molecule has 0 saturated carbocycles. The van der Waals surface area contributed by atoms with Gasteiger partial charge in [-0.15, -0.1) is 0 Å². The van der Waals surface area contributed by atoms with Crippen molar-refractivity contribution in [3.05, 3.63) is 0 Å². The minimum absolute atomic E-state index is 0.120. The van der Waals surface area contributed by atoms with Gasteiger partial charge in [-0.3, -0.25) is 5.32 Å². The van der Waals surface area contributed by atoms with Crippen molar-refractivity contribution in [2.24, 2.45) is 0 Å². The van der Waals surface area contributed by atoms with E-state index in [1.165, 1.54) is 12.8 Å². The molecule has 0 aliphatic rings. The van der Waals surface area contributed by atoms with Gasteiger partial charge in [0.1, 0.15) is 0 Å². The predicted molar refractivity (Wildman–Crippen MR) is 56.4 cm³/mol. The molecule has 3 heteroatoms. The number of nitriles is 2. The van der Waals surface area contributed by atoms with Crippen LogP contribution in [-0.2, 0) is 0 Å². The van der Waals surface area contributed by atoms with E-state index in [1.807, 2.05) is 26.0 Å². The third kappa shape index (κ3) is 5.56. The summed E-state index contributed by atoms with van der Waals surface area (Å²) in [5.41, 5.74) is -0.120. The first-order chi connectivity index (χ1) is 6.55. The summed E-state index contributed by atoms with van der Waals surface area (Å²) in [4.78, 5) is 0. The van der Waals surface area contributed by atoms with Crippen LogP contribution >= 0.6 is 0 Å². The molecule has 0 saturated heterocycles. The van der Waals surface area contributed by atoms with E-state index in [2.05, 4.69) is 12.2 Å². The molecule has 0 heterocycles. The zero-order valence-corrected chi connectivity index (χ0v) is 9.30. The second-order valence-corrected chi connectivity index (χ2v) is 4.18. The van der Waals surface area contributed by atoms with E-state index >= 15 is 0 Å². The second-order valence-electron chi connectivity index (χ2n) is 4.18. The minimum atomic E-state index is -0.688. The molecule has 0 rings (SSSR count). The van der Waals surface area contributed by atoms with Crippen LogP contribution in [0.15, 0.2) is 0 Å². The van der Waals surface area contributed by atoms with Crippen LogP contribution in [-0.4, -0.2) is 11.6 Å². The fraction of sp³-hybridized carbons (Fsp3) is 0.818. The monoisotopic (exact) mass is 193 g/mol. The number of nitrogens with zero attached hydrogens (tertiary/aromatic N) is 2. The molecule has 0 fully saturated rings. The van der Waals surface area contributed by atoms with E-state index < -0.39 is 6.04 Å². The SMILES string of the molecule is CCCCCC(C)(C)NC(C#N)C#N. The highest BCUT2D eigenvalue weighted by atomic mass is 15.0. The van der Waals surface area contributed by atoms with Gasteiger partial charge in [0.05, 0.1) is 12.1 Å². The molecule has 0 aliphatic heterocycles. The third-order valence-corrected chi connectivity index (χ3v) is 2.20. The van der Waals surface area contributed by atoms with Gasteiger partial charge in [-0.25, -0.2) is 0 Å². The van der Waals surface area contributed by atoms with Crippen LogP contribution in [0.1, 0.15) is 46.5 Å². The molecule has 0 amide bonds. The van der Waals surface area contributed by atoms with Gasteiger partial charge in [-0.1, -0.05) is 26.2 Å². The number of hydrogen-bond donors (Lipinski definition) is 1. The van der Waals surface area contributed by atoms with Crippen molar-refractivity contribution in [2.75, 3.05) is 0 Å². The molecular weight excluding hydrogens is 174 g/mol. The Morgan fingerprint density at radius 2 is 1.79 bits per heavy atom. The van der Waals surface area contributed by atoms with Gasteiger partial charge in [-0.05, 0) is 20.3 Å². The molecule has 0 bridgehead atoms. The fourth-order valence-corrected chi connectivity index (χ4v) is 1.37. The van der Waals surface area contributed by atoms with E-state index in [0.29, 0.717) is 0 Å². The highest BCUT2D eigenvalue weighted by molar-refractivity contribution is 5.08. The minimum Gasteiger partial charge on any atom is -0.285 e. The van der Waals surface area contributed by atoms with Crippen molar-refractivity contribution in [3.8, 4) is 12.1 Å². The Bertz CT molecular complexity index is 218. The van der Waals surface area contributed by atoms with Gasteiger partial charge in [0.15, 0.2) is 6.04 Å². The summed E-state index contributed by atoms with van der Waals surface area (Å²) in [6.07, 6.45) is 4.53. The maximum atomic E-state index is 8.63. The van der Waals surface area contributed by atoms with Crippen LogP contribution in [0.4, 0.5) is 0 Å². The van der Waals surface area contributed by atoms with Gasteiger partial charge >= 0.3 is 0 Å². The zero-order valence-electron chi connectivity index (χ0n) is 9.30. The predicted octanol–water partition coefficient (Wildman–Crippen LogP) is 2.35. The molecule has 14 heavy (non-hydrogen) atoms. The number of nitrogens with one attached hydrogen (secondary N) is 1. The third-order valence-electron chi connectivity index (χ3n) is 2.20. The standard InChI is InChI=1S/C11H19N3/c1-4-5-6-7-11(2,3)14-10(8-12)9-13/h10,14H,4-7H2,1-3H3. The molecular formula is C11H19N3. The van der Waals surface area contributed by atoms with Crippen LogP contribution in [0.5, 0.6) is 0 Å². The summed E-state index contributed by atoms with van der Waals surface area (Å²) in [5.74, 6) is 0. The first-order valence-corrected chi connectivity index (χ1v) is 5.12. The van der Waals surface area contributed by atoms with Crippen LogP contribution in [0.2, 0.25) is 0 Å². The Kier molecular flexibility index (Phi) is 5.92. The fourth-order valence-electron chi connectivity index (χ4n) is 1.37. The van der Waals surface area contributed by atoms with Crippen molar-refractivity contribution >= 4 is 0 Å². The Morgan fingerprint density at radius 3 is 2.21 bits per heavy atom. The van der Waals surface area contributed by atoms with Crippen LogP contribution in [0.25, 0.3) is 0 Å². The summed E-state index contributed by atoms with van der Waals surface area (Å²) in [6.45, 7) is 6.22. The summed E-state index contributed by atoms with van der Waals surface area (Å²) in [7, 11) is 0. The van der Waals surface area contributed by atoms with E-state index in [-0.39, 0.29) is 5.54 Å². The lowest BCUT2D eigenvalue weighted by atomic mass is 9.96. The Hall–Kier alpha value is -1.06. The lowest BCUT2D eigenvalue weighted by Gasteiger charge is -2.26. The van der Waals surface area contributed by atoms with Crippen molar-refractivity contribution in [3.63, 3.8) is 0 Å². The maximum Gasteiger partial charge on any atom is 0.183 e. The van der Waals surface area contributed by atoms with Gasteiger partial charge < -0.3 is 0 Å². The Balaban J connectivity index is 3.95. The number of rotatable bonds is 6. The zero-order chi connectivity index (χ0) is 11.0. The molecule has 0 aliphatic carbocycles. The van der Waals surface area contributed by atoms with Gasteiger partial charge in [0.2, 0.25) is 0 Å². The molecule has 3 nitrogen and oxygen atoms in total. The summed E-state index contributed by atoms with van der Waals surface area (Å²) in [5, 5.41) is 20.3. The van der Waals surface area contributed by atoms with E-state index in [0.717, 1.165) is 12.8 Å². The maximum absolute atomic E-state index is 8.63. The van der Waals surface area contributed by atoms with Crippen molar-refractivity contribution < 1.29 is 0 Å². The van der Waals surface area contributed by atoms with Crippen molar-refractivity contribution in [2.45, 2.75) is 58.0 Å². The van der Waals surface area contributed by atoms with Crippen molar-refractivity contribution in [1.82, 2.24) is 5.32 Å². The molecule has 0 radical (unpaired) electrons. The molecule has 0 unspecified atom stereocenters. The van der Waals surface area contributed by atoms with Crippen LogP contribution < -0.4 is 5.32 Å². The molecule has 0 spiro atoms. The van der Waals surface area contributed by atoms with Gasteiger partial charge in [0.25, 0.3) is 0 Å². The number of hydrogen-bond acceptors (Lipinski definition) is 3. The highest BCUT2D eigenvalue weighted by Gasteiger charge is 2.20. The molecule has 1 N–H and O–H groups in total. The quantitative estimate of drug-likeness (QED) is 0.659. The smallest absolute Gasteiger partial charge is 0.183 e. The highest BCUT2D eigenvalue weighted by Crippen LogP contribution is 2.14. The van der Waals surface area contributed by atoms with Crippen LogP contribution in [0.3, 0.4) is 0 Å². The lowest BCUT2D eigenvalue weighted by Crippen LogP contribution is -2.44. The second kappa shape index (κ2) is 6.40. The summed E-state index contributed by atoms with van der Waals surface area (Å²) in [6, 6.07) is 3.16. The van der Waals surface area contributed by atoms with E-state index in [9.17, 15) is 0 Å². The number of unbranched alkanes of at least 4 members (excludes halogenated alkanes) is 2. The van der Waals surface area contributed by atoms with Gasteiger partial charge in [0, 0.05) is 5.54 Å². The average molecular weight is 193 g/mol. The molecule has 0 aromatic heterocycles. The molecule has 0 atom stereocenters. The van der Waals surface area contributed by atoms with E-state index in [1.54, 1.807) is 0 Å².